The topological polar surface area (TPSA) is 119 Å². The Morgan fingerprint density at radius 3 is 2.67 bits per heavy atom. The highest BCUT2D eigenvalue weighted by Crippen LogP contribution is 2.23. The van der Waals surface area contributed by atoms with Crippen molar-refractivity contribution in [1.29, 1.82) is 0 Å². The van der Waals surface area contributed by atoms with E-state index in [4.69, 9.17) is 9.84 Å². The number of hydrogen-bond acceptors (Lipinski definition) is 5. The van der Waals surface area contributed by atoms with E-state index in [1.54, 1.807) is 0 Å². The second-order valence-electron chi connectivity index (χ2n) is 4.22. The molecule has 0 aliphatic carbocycles. The lowest BCUT2D eigenvalue weighted by Gasteiger charge is -2.15. The first-order chi connectivity index (χ1) is 9.95. The number of rotatable bonds is 8. The molecule has 21 heavy (non-hydrogen) atoms. The maximum atomic E-state index is 12.0. The summed E-state index contributed by atoms with van der Waals surface area (Å²) in [6, 6.07) is 5.61. The molecule has 0 saturated carbocycles. The molecule has 8 nitrogen and oxygen atoms in total. The van der Waals surface area contributed by atoms with Gasteiger partial charge in [0, 0.05) is 12.7 Å². The number of nitrogens with one attached hydrogen (secondary N) is 1. The Morgan fingerprint density at radius 2 is 2.10 bits per heavy atom. The van der Waals surface area contributed by atoms with Crippen LogP contribution in [-0.2, 0) is 14.3 Å². The number of carboxylic acids is 1. The minimum atomic E-state index is -1.19. The first kappa shape index (κ1) is 16.6. The largest absolute Gasteiger partial charge is 0.481 e. The fourth-order valence-corrected chi connectivity index (χ4v) is 1.60. The summed E-state index contributed by atoms with van der Waals surface area (Å²) in [6.45, 7) is 2.04. The van der Waals surface area contributed by atoms with Crippen LogP contribution in [0.25, 0.3) is 0 Å². The summed E-state index contributed by atoms with van der Waals surface area (Å²) in [5.74, 6) is -1.91. The molecule has 0 aromatic heterocycles. The SMILES string of the molecule is CCCOC(CC(=O)O)C(=O)Nc1ccccc1[N+](=O)[O-]. The number of carbonyl (C=O) groups is 2. The Bertz CT molecular complexity index is 531. The highest BCUT2D eigenvalue weighted by atomic mass is 16.6. The fraction of sp³-hybridized carbons (Fsp3) is 0.385. The Labute approximate surface area is 120 Å². The molecule has 0 spiro atoms. The zero-order valence-electron chi connectivity index (χ0n) is 11.4. The summed E-state index contributed by atoms with van der Waals surface area (Å²) in [5.41, 5.74) is -0.265. The Hall–Kier alpha value is -2.48. The van der Waals surface area contributed by atoms with Crippen molar-refractivity contribution in [1.82, 2.24) is 0 Å². The predicted molar refractivity (Wildman–Crippen MR) is 74.0 cm³/mol. The number of para-hydroxylation sites is 2. The number of ether oxygens (including phenoxy) is 1. The van der Waals surface area contributed by atoms with Crippen LogP contribution in [0.1, 0.15) is 19.8 Å². The van der Waals surface area contributed by atoms with E-state index in [1.807, 2.05) is 6.92 Å². The van der Waals surface area contributed by atoms with Gasteiger partial charge in [-0.15, -0.1) is 0 Å². The zero-order chi connectivity index (χ0) is 15.8. The molecule has 0 bridgehead atoms. The maximum absolute atomic E-state index is 12.0. The first-order valence-corrected chi connectivity index (χ1v) is 6.33. The number of anilines is 1. The molecule has 8 heteroatoms. The van der Waals surface area contributed by atoms with Crippen molar-refractivity contribution in [2.45, 2.75) is 25.9 Å². The molecule has 0 aliphatic rings. The van der Waals surface area contributed by atoms with E-state index in [0.717, 1.165) is 0 Å². The van der Waals surface area contributed by atoms with E-state index in [-0.39, 0.29) is 18.0 Å². The molecular formula is C13H16N2O6. The van der Waals surface area contributed by atoms with E-state index in [0.29, 0.717) is 6.42 Å². The Morgan fingerprint density at radius 1 is 1.43 bits per heavy atom. The molecule has 1 aromatic carbocycles. The van der Waals surface area contributed by atoms with Crippen LogP contribution >= 0.6 is 0 Å². The van der Waals surface area contributed by atoms with E-state index < -0.39 is 29.3 Å². The smallest absolute Gasteiger partial charge is 0.306 e. The minimum Gasteiger partial charge on any atom is -0.481 e. The first-order valence-electron chi connectivity index (χ1n) is 6.33. The van der Waals surface area contributed by atoms with E-state index >= 15 is 0 Å². The Kier molecular flexibility index (Phi) is 6.28. The van der Waals surface area contributed by atoms with Crippen molar-refractivity contribution in [3.63, 3.8) is 0 Å². The third-order valence-corrected chi connectivity index (χ3v) is 2.53. The van der Waals surface area contributed by atoms with Crippen LogP contribution in [0.5, 0.6) is 0 Å². The fourth-order valence-electron chi connectivity index (χ4n) is 1.60. The predicted octanol–water partition coefficient (Wildman–Crippen LogP) is 1.80. The van der Waals surface area contributed by atoms with Crippen molar-refractivity contribution >= 4 is 23.3 Å². The van der Waals surface area contributed by atoms with Crippen molar-refractivity contribution in [3.8, 4) is 0 Å². The van der Waals surface area contributed by atoms with Gasteiger partial charge in [-0.25, -0.2) is 0 Å². The van der Waals surface area contributed by atoms with Crippen LogP contribution in [0.3, 0.4) is 0 Å². The number of hydrogen-bond donors (Lipinski definition) is 2. The zero-order valence-corrected chi connectivity index (χ0v) is 11.4. The molecule has 0 aliphatic heterocycles. The van der Waals surface area contributed by atoms with E-state index in [2.05, 4.69) is 5.32 Å². The normalized spacial score (nSPS) is 11.7. The number of carbonyl (C=O) groups excluding carboxylic acids is 1. The number of nitrogens with zero attached hydrogens (tertiary/aromatic N) is 1. The van der Waals surface area contributed by atoms with E-state index in [9.17, 15) is 19.7 Å². The lowest BCUT2D eigenvalue weighted by molar-refractivity contribution is -0.383. The van der Waals surface area contributed by atoms with Gasteiger partial charge in [0.25, 0.3) is 11.6 Å². The van der Waals surface area contributed by atoms with Gasteiger partial charge in [-0.3, -0.25) is 19.7 Å². The van der Waals surface area contributed by atoms with Gasteiger partial charge < -0.3 is 15.2 Å². The van der Waals surface area contributed by atoms with Gasteiger partial charge in [-0.2, -0.15) is 0 Å². The Balaban J connectivity index is 2.85. The summed E-state index contributed by atoms with van der Waals surface area (Å²) in [4.78, 5) is 33.0. The molecule has 1 amide bonds. The van der Waals surface area contributed by atoms with Crippen molar-refractivity contribution in [2.75, 3.05) is 11.9 Å². The number of amides is 1. The number of nitro groups is 1. The lowest BCUT2D eigenvalue weighted by atomic mass is 10.2. The van der Waals surface area contributed by atoms with Crippen LogP contribution in [0, 0.1) is 10.1 Å². The van der Waals surface area contributed by atoms with Gasteiger partial charge in [0.15, 0.2) is 0 Å². The van der Waals surface area contributed by atoms with Gasteiger partial charge in [0.1, 0.15) is 11.8 Å². The molecule has 1 rings (SSSR count). The summed E-state index contributed by atoms with van der Waals surface area (Å²) in [7, 11) is 0. The van der Waals surface area contributed by atoms with Crippen molar-refractivity contribution < 1.29 is 24.4 Å². The third-order valence-electron chi connectivity index (χ3n) is 2.53. The average molecular weight is 296 g/mol. The average Bonchev–Trinajstić information content (AvgIpc) is 2.43. The highest BCUT2D eigenvalue weighted by Gasteiger charge is 2.24. The molecule has 1 aromatic rings. The second-order valence-corrected chi connectivity index (χ2v) is 4.22. The number of aliphatic carboxylic acids is 1. The quantitative estimate of drug-likeness (QED) is 0.557. The van der Waals surface area contributed by atoms with Crippen LogP contribution < -0.4 is 5.32 Å². The molecular weight excluding hydrogens is 280 g/mol. The molecule has 114 valence electrons. The molecule has 0 fully saturated rings. The number of nitro benzene ring substituents is 1. The summed E-state index contributed by atoms with van der Waals surface area (Å²) < 4.78 is 5.17. The number of benzene rings is 1. The third kappa shape index (κ3) is 5.19. The van der Waals surface area contributed by atoms with Crippen LogP contribution in [0.15, 0.2) is 24.3 Å². The molecule has 2 N–H and O–H groups in total. The maximum Gasteiger partial charge on any atom is 0.306 e. The molecule has 0 heterocycles. The van der Waals surface area contributed by atoms with Gasteiger partial charge in [-0.05, 0) is 12.5 Å². The van der Waals surface area contributed by atoms with Gasteiger partial charge in [-0.1, -0.05) is 19.1 Å². The molecule has 0 radical (unpaired) electrons. The van der Waals surface area contributed by atoms with Gasteiger partial charge in [0.05, 0.1) is 11.3 Å². The summed E-state index contributed by atoms with van der Waals surface area (Å²) >= 11 is 0. The van der Waals surface area contributed by atoms with Crippen molar-refractivity contribution in [2.24, 2.45) is 0 Å². The minimum absolute atomic E-state index is 0.00277. The van der Waals surface area contributed by atoms with Gasteiger partial charge >= 0.3 is 5.97 Å². The lowest BCUT2D eigenvalue weighted by Crippen LogP contribution is -2.33. The van der Waals surface area contributed by atoms with Crippen molar-refractivity contribution in [3.05, 3.63) is 34.4 Å². The summed E-state index contributed by atoms with van der Waals surface area (Å²) in [6.07, 6.45) is -1.08. The monoisotopic (exact) mass is 296 g/mol. The van der Waals surface area contributed by atoms with E-state index in [1.165, 1.54) is 24.3 Å². The second kappa shape index (κ2) is 7.95. The van der Waals surface area contributed by atoms with Gasteiger partial charge in [0.2, 0.25) is 0 Å². The molecule has 1 atom stereocenters. The number of carboxylic acid groups (broad SMARTS) is 1. The standard InChI is InChI=1S/C13H16N2O6/c1-2-7-21-11(8-12(16)17)13(18)14-9-5-3-4-6-10(9)15(19)20/h3-6,11H,2,7-8H2,1H3,(H,14,18)(H,16,17). The highest BCUT2D eigenvalue weighted by molar-refractivity contribution is 5.97. The van der Waals surface area contributed by atoms with Crippen LogP contribution in [-0.4, -0.2) is 34.6 Å². The van der Waals surface area contributed by atoms with Crippen LogP contribution in [0.4, 0.5) is 11.4 Å². The van der Waals surface area contributed by atoms with Crippen LogP contribution in [0.2, 0.25) is 0 Å². The summed E-state index contributed by atoms with van der Waals surface area (Å²) in [5, 5.41) is 22.0. The molecule has 0 saturated heterocycles. The molecule has 1 unspecified atom stereocenters.